The highest BCUT2D eigenvalue weighted by molar-refractivity contribution is 7.89. The first-order chi connectivity index (χ1) is 8.87. The molecule has 4 nitrogen and oxygen atoms in total. The molecule has 0 radical (unpaired) electrons. The molecule has 0 amide bonds. The SMILES string of the molecule is NCC1(NS(=O)(=O)c2cc(Cl)cc(Cl)c2)CCCC1. The molecule has 0 unspecified atom stereocenters. The minimum Gasteiger partial charge on any atom is -0.329 e. The zero-order valence-corrected chi connectivity index (χ0v) is 12.7. The third-order valence-electron chi connectivity index (χ3n) is 3.45. The topological polar surface area (TPSA) is 72.2 Å². The van der Waals surface area contributed by atoms with Gasteiger partial charge in [0, 0.05) is 22.1 Å². The molecule has 0 bridgehead atoms. The number of nitrogens with one attached hydrogen (secondary N) is 1. The standard InChI is InChI=1S/C12H16Cl2N2O2S/c13-9-5-10(14)7-11(6-9)19(17,18)16-12(8-15)3-1-2-4-12/h5-7,16H,1-4,8,15H2. The van der Waals surface area contributed by atoms with Crippen LogP contribution in [0.2, 0.25) is 10.0 Å². The third kappa shape index (κ3) is 3.41. The van der Waals surface area contributed by atoms with Crippen LogP contribution in [0.25, 0.3) is 0 Å². The highest BCUT2D eigenvalue weighted by Crippen LogP contribution is 2.31. The van der Waals surface area contributed by atoms with Gasteiger partial charge in [-0.2, -0.15) is 0 Å². The van der Waals surface area contributed by atoms with Gasteiger partial charge in [0.15, 0.2) is 0 Å². The molecule has 0 heterocycles. The monoisotopic (exact) mass is 322 g/mol. The predicted molar refractivity (Wildman–Crippen MR) is 77.0 cm³/mol. The van der Waals surface area contributed by atoms with Gasteiger partial charge < -0.3 is 5.73 Å². The van der Waals surface area contributed by atoms with E-state index in [9.17, 15) is 8.42 Å². The van der Waals surface area contributed by atoms with E-state index in [0.29, 0.717) is 16.6 Å². The van der Waals surface area contributed by atoms with E-state index in [2.05, 4.69) is 4.72 Å². The van der Waals surface area contributed by atoms with Crippen molar-refractivity contribution in [3.05, 3.63) is 28.2 Å². The highest BCUT2D eigenvalue weighted by atomic mass is 35.5. The lowest BCUT2D eigenvalue weighted by atomic mass is 10.0. The lowest BCUT2D eigenvalue weighted by molar-refractivity contribution is 0.399. The second-order valence-corrected chi connectivity index (χ2v) is 7.46. The van der Waals surface area contributed by atoms with Crippen molar-refractivity contribution in [3.63, 3.8) is 0 Å². The molecule has 1 aromatic carbocycles. The molecule has 0 atom stereocenters. The Hall–Kier alpha value is -0.330. The predicted octanol–water partition coefficient (Wildman–Crippen LogP) is 2.54. The number of benzene rings is 1. The van der Waals surface area contributed by atoms with Crippen LogP contribution in [0.1, 0.15) is 25.7 Å². The van der Waals surface area contributed by atoms with E-state index in [0.717, 1.165) is 25.7 Å². The molecule has 0 saturated heterocycles. The molecule has 1 fully saturated rings. The molecule has 0 aliphatic heterocycles. The Labute approximate surface area is 123 Å². The van der Waals surface area contributed by atoms with Crippen LogP contribution < -0.4 is 10.5 Å². The van der Waals surface area contributed by atoms with Crippen LogP contribution in [-0.4, -0.2) is 20.5 Å². The number of sulfonamides is 1. The van der Waals surface area contributed by atoms with Crippen LogP contribution in [0.5, 0.6) is 0 Å². The Kier molecular flexibility index (Phi) is 4.42. The Balaban J connectivity index is 2.32. The van der Waals surface area contributed by atoms with Gasteiger partial charge in [0.05, 0.1) is 4.90 Å². The van der Waals surface area contributed by atoms with E-state index in [1.54, 1.807) is 0 Å². The van der Waals surface area contributed by atoms with Gasteiger partial charge in [-0.1, -0.05) is 36.0 Å². The minimum absolute atomic E-state index is 0.0738. The maximum absolute atomic E-state index is 12.4. The fourth-order valence-electron chi connectivity index (χ4n) is 2.43. The van der Waals surface area contributed by atoms with E-state index < -0.39 is 15.6 Å². The fourth-order valence-corrected chi connectivity index (χ4v) is 4.62. The quantitative estimate of drug-likeness (QED) is 0.894. The van der Waals surface area contributed by atoms with Crippen molar-refractivity contribution in [1.29, 1.82) is 0 Å². The molecule has 1 saturated carbocycles. The molecule has 0 aromatic heterocycles. The summed E-state index contributed by atoms with van der Waals surface area (Å²) in [5.41, 5.74) is 5.20. The molecule has 1 aliphatic carbocycles. The average molecular weight is 323 g/mol. The summed E-state index contributed by atoms with van der Waals surface area (Å²) in [6.45, 7) is 0.292. The van der Waals surface area contributed by atoms with E-state index in [1.165, 1.54) is 18.2 Å². The third-order valence-corrected chi connectivity index (χ3v) is 5.44. The van der Waals surface area contributed by atoms with Crippen molar-refractivity contribution in [2.45, 2.75) is 36.1 Å². The summed E-state index contributed by atoms with van der Waals surface area (Å²) in [6.07, 6.45) is 3.49. The van der Waals surface area contributed by atoms with Gasteiger partial charge in [-0.3, -0.25) is 0 Å². The van der Waals surface area contributed by atoms with Crippen molar-refractivity contribution < 1.29 is 8.42 Å². The van der Waals surface area contributed by atoms with Gasteiger partial charge in [0.2, 0.25) is 10.0 Å². The van der Waals surface area contributed by atoms with Crippen LogP contribution in [0.3, 0.4) is 0 Å². The second kappa shape index (κ2) is 5.58. The summed E-state index contributed by atoms with van der Waals surface area (Å²) in [5.74, 6) is 0. The molecular weight excluding hydrogens is 307 g/mol. The van der Waals surface area contributed by atoms with Crippen LogP contribution in [0.4, 0.5) is 0 Å². The van der Waals surface area contributed by atoms with Crippen molar-refractivity contribution in [1.82, 2.24) is 4.72 Å². The van der Waals surface area contributed by atoms with Gasteiger partial charge in [-0.25, -0.2) is 13.1 Å². The number of nitrogens with two attached hydrogens (primary N) is 1. The van der Waals surface area contributed by atoms with Crippen molar-refractivity contribution >= 4 is 33.2 Å². The van der Waals surface area contributed by atoms with Crippen molar-refractivity contribution in [2.24, 2.45) is 5.73 Å². The van der Waals surface area contributed by atoms with Crippen LogP contribution in [-0.2, 0) is 10.0 Å². The van der Waals surface area contributed by atoms with E-state index in [-0.39, 0.29) is 4.90 Å². The first-order valence-electron chi connectivity index (χ1n) is 6.07. The first-order valence-corrected chi connectivity index (χ1v) is 8.31. The summed E-state index contributed by atoms with van der Waals surface area (Å²) in [7, 11) is -3.66. The van der Waals surface area contributed by atoms with E-state index in [1.807, 2.05) is 0 Å². The molecule has 3 N–H and O–H groups in total. The van der Waals surface area contributed by atoms with Gasteiger partial charge in [-0.05, 0) is 31.0 Å². The van der Waals surface area contributed by atoms with Gasteiger partial charge in [0.1, 0.15) is 0 Å². The number of hydrogen-bond acceptors (Lipinski definition) is 3. The lowest BCUT2D eigenvalue weighted by Gasteiger charge is -2.28. The second-order valence-electron chi connectivity index (χ2n) is 4.90. The number of halogens is 2. The largest absolute Gasteiger partial charge is 0.329 e. The number of hydrogen-bond donors (Lipinski definition) is 2. The minimum atomic E-state index is -3.66. The first kappa shape index (κ1) is 15.1. The Bertz CT molecular complexity index is 549. The number of rotatable bonds is 4. The zero-order valence-electron chi connectivity index (χ0n) is 10.3. The van der Waals surface area contributed by atoms with Crippen molar-refractivity contribution in [2.75, 3.05) is 6.54 Å². The van der Waals surface area contributed by atoms with Gasteiger partial charge in [0.25, 0.3) is 0 Å². The van der Waals surface area contributed by atoms with Crippen LogP contribution in [0.15, 0.2) is 23.1 Å². The van der Waals surface area contributed by atoms with Gasteiger partial charge in [-0.15, -0.1) is 0 Å². The van der Waals surface area contributed by atoms with E-state index in [4.69, 9.17) is 28.9 Å². The van der Waals surface area contributed by atoms with Crippen LogP contribution >= 0.6 is 23.2 Å². The molecule has 19 heavy (non-hydrogen) atoms. The van der Waals surface area contributed by atoms with Crippen LogP contribution in [0, 0.1) is 0 Å². The molecule has 1 aromatic rings. The van der Waals surface area contributed by atoms with Gasteiger partial charge >= 0.3 is 0 Å². The molecule has 0 spiro atoms. The normalized spacial score (nSPS) is 18.7. The maximum atomic E-state index is 12.4. The van der Waals surface area contributed by atoms with Crippen molar-refractivity contribution in [3.8, 4) is 0 Å². The fraction of sp³-hybridized carbons (Fsp3) is 0.500. The molecule has 7 heteroatoms. The average Bonchev–Trinajstić information content (AvgIpc) is 2.76. The summed E-state index contributed by atoms with van der Waals surface area (Å²) >= 11 is 11.7. The Morgan fingerprint density at radius 3 is 2.16 bits per heavy atom. The molecule has 106 valence electrons. The summed E-state index contributed by atoms with van der Waals surface area (Å²) in [4.78, 5) is 0.0738. The Morgan fingerprint density at radius 2 is 1.68 bits per heavy atom. The van der Waals surface area contributed by atoms with E-state index >= 15 is 0 Å². The lowest BCUT2D eigenvalue weighted by Crippen LogP contribution is -2.51. The Morgan fingerprint density at radius 1 is 1.16 bits per heavy atom. The molecule has 2 rings (SSSR count). The smallest absolute Gasteiger partial charge is 0.241 e. The summed E-state index contributed by atoms with van der Waals surface area (Å²) in [5, 5.41) is 0.585. The highest BCUT2D eigenvalue weighted by Gasteiger charge is 2.36. The molecular formula is C12H16Cl2N2O2S. The summed E-state index contributed by atoms with van der Waals surface area (Å²) < 4.78 is 27.5. The maximum Gasteiger partial charge on any atom is 0.241 e. The zero-order chi connectivity index (χ0) is 14.1. The summed E-state index contributed by atoms with van der Waals surface area (Å²) in [6, 6.07) is 4.26. The molecule has 1 aliphatic rings.